The van der Waals surface area contributed by atoms with Gasteiger partial charge in [0.15, 0.2) is 5.82 Å². The molecule has 148 valence electrons. The number of aromatic nitrogens is 3. The van der Waals surface area contributed by atoms with E-state index in [0.29, 0.717) is 24.1 Å². The van der Waals surface area contributed by atoms with Crippen molar-refractivity contribution >= 4 is 12.2 Å². The quantitative estimate of drug-likeness (QED) is 0.730. The third-order valence-electron chi connectivity index (χ3n) is 5.15. The Morgan fingerprint density at radius 1 is 1.30 bits per heavy atom. The molecule has 3 atom stereocenters. The average Bonchev–Trinajstić information content (AvgIpc) is 2.94. The van der Waals surface area contributed by atoms with E-state index in [0.717, 1.165) is 18.1 Å². The largest absolute Gasteiger partial charge is 0.376 e. The van der Waals surface area contributed by atoms with E-state index in [1.165, 1.54) is 12.1 Å². The van der Waals surface area contributed by atoms with Crippen LogP contribution in [0.5, 0.6) is 0 Å². The van der Waals surface area contributed by atoms with Crippen LogP contribution in [-0.4, -0.2) is 63.5 Å². The zero-order chi connectivity index (χ0) is 19.7. The number of morpholine rings is 1. The number of hydrogen-bond donors (Lipinski definition) is 0. The topological polar surface area (TPSA) is 38.5 Å². The van der Waals surface area contributed by atoms with Gasteiger partial charge in [-0.1, -0.05) is 0 Å². The minimum absolute atomic E-state index is 0.0547. The molecule has 8 heteroatoms. The van der Waals surface area contributed by atoms with Crippen molar-refractivity contribution in [1.29, 1.82) is 0 Å². The van der Waals surface area contributed by atoms with Gasteiger partial charge in [0.1, 0.15) is 5.82 Å². The van der Waals surface area contributed by atoms with Gasteiger partial charge in [0.2, 0.25) is 4.77 Å². The van der Waals surface area contributed by atoms with E-state index in [2.05, 4.69) is 30.6 Å². The number of halogens is 1. The van der Waals surface area contributed by atoms with Crippen LogP contribution < -0.4 is 0 Å². The van der Waals surface area contributed by atoms with Gasteiger partial charge in [-0.15, -0.1) is 0 Å². The highest BCUT2D eigenvalue weighted by Crippen LogP contribution is 2.22. The molecule has 1 saturated heterocycles. The molecule has 0 N–H and O–H groups in total. The monoisotopic (exact) mass is 393 g/mol. The van der Waals surface area contributed by atoms with Crippen LogP contribution in [0.3, 0.4) is 0 Å². The third-order valence-corrected chi connectivity index (χ3v) is 5.54. The maximum Gasteiger partial charge on any atom is 0.203 e. The molecule has 3 rings (SSSR count). The Kier molecular flexibility index (Phi) is 6.10. The molecule has 0 amide bonds. The highest BCUT2D eigenvalue weighted by atomic mass is 32.1. The Bertz CT molecular complexity index is 832. The van der Waals surface area contributed by atoms with Crippen molar-refractivity contribution in [2.75, 3.05) is 27.2 Å². The molecule has 2 aromatic rings. The van der Waals surface area contributed by atoms with E-state index in [1.807, 2.05) is 23.3 Å². The van der Waals surface area contributed by atoms with Gasteiger partial charge in [0, 0.05) is 18.3 Å². The normalized spacial score (nSPS) is 22.3. The minimum atomic E-state index is -0.268. The fraction of sp³-hybridized carbons (Fsp3) is 0.579. The zero-order valence-corrected chi connectivity index (χ0v) is 17.4. The van der Waals surface area contributed by atoms with Crippen molar-refractivity contribution in [3.8, 4) is 5.69 Å². The standard InChI is InChI=1S/C19H28FN5OS/c1-13-11-26-14(2)10-23(13)12-24-19(27)25(17-8-6-16(20)7-9-17)18(21-24)15(3)22(4)5/h6-9,13-15H,10-12H2,1-5H3. The van der Waals surface area contributed by atoms with Crippen LogP contribution in [-0.2, 0) is 11.4 Å². The maximum atomic E-state index is 13.4. The van der Waals surface area contributed by atoms with E-state index in [4.69, 9.17) is 22.1 Å². The highest BCUT2D eigenvalue weighted by molar-refractivity contribution is 7.71. The minimum Gasteiger partial charge on any atom is -0.376 e. The summed E-state index contributed by atoms with van der Waals surface area (Å²) in [6.45, 7) is 8.46. The van der Waals surface area contributed by atoms with Crippen molar-refractivity contribution in [3.05, 3.63) is 40.7 Å². The number of benzene rings is 1. The first-order valence-corrected chi connectivity index (χ1v) is 9.66. The van der Waals surface area contributed by atoms with Gasteiger partial charge in [-0.2, -0.15) is 5.10 Å². The van der Waals surface area contributed by atoms with Crippen molar-refractivity contribution in [1.82, 2.24) is 24.1 Å². The van der Waals surface area contributed by atoms with Crippen molar-refractivity contribution in [2.24, 2.45) is 0 Å². The van der Waals surface area contributed by atoms with Gasteiger partial charge in [-0.3, -0.25) is 14.4 Å². The van der Waals surface area contributed by atoms with Gasteiger partial charge < -0.3 is 4.74 Å². The number of hydrogen-bond acceptors (Lipinski definition) is 5. The first-order valence-electron chi connectivity index (χ1n) is 9.25. The Morgan fingerprint density at radius 2 is 1.96 bits per heavy atom. The Labute approximate surface area is 165 Å². The predicted molar refractivity (Wildman–Crippen MR) is 106 cm³/mol. The van der Waals surface area contributed by atoms with Crippen LogP contribution in [0.1, 0.15) is 32.6 Å². The molecule has 0 bridgehead atoms. The lowest BCUT2D eigenvalue weighted by atomic mass is 10.2. The molecule has 3 unspecified atom stereocenters. The van der Waals surface area contributed by atoms with Crippen LogP contribution in [0.4, 0.5) is 4.39 Å². The summed E-state index contributed by atoms with van der Waals surface area (Å²) < 4.78 is 23.5. The van der Waals surface area contributed by atoms with E-state index < -0.39 is 0 Å². The predicted octanol–water partition coefficient (Wildman–Crippen LogP) is 3.23. The van der Waals surface area contributed by atoms with Crippen LogP contribution in [0.15, 0.2) is 24.3 Å². The first-order chi connectivity index (χ1) is 12.8. The van der Waals surface area contributed by atoms with Crippen LogP contribution >= 0.6 is 12.2 Å². The summed E-state index contributed by atoms with van der Waals surface area (Å²) in [6.07, 6.45) is 0.190. The number of nitrogens with zero attached hydrogens (tertiary/aromatic N) is 5. The van der Waals surface area contributed by atoms with E-state index in [-0.39, 0.29) is 18.0 Å². The van der Waals surface area contributed by atoms with Crippen molar-refractivity contribution in [2.45, 2.75) is 45.6 Å². The molecular weight excluding hydrogens is 365 g/mol. The van der Waals surface area contributed by atoms with Crippen molar-refractivity contribution in [3.63, 3.8) is 0 Å². The molecule has 1 aliphatic heterocycles. The summed E-state index contributed by atoms with van der Waals surface area (Å²) in [6, 6.07) is 6.73. The second-order valence-electron chi connectivity index (χ2n) is 7.50. The molecule has 27 heavy (non-hydrogen) atoms. The van der Waals surface area contributed by atoms with Crippen LogP contribution in [0, 0.1) is 10.6 Å². The van der Waals surface area contributed by atoms with E-state index in [1.54, 1.807) is 12.1 Å². The Morgan fingerprint density at radius 3 is 2.59 bits per heavy atom. The Balaban J connectivity index is 2.01. The van der Waals surface area contributed by atoms with Gasteiger partial charge in [-0.05, 0) is 71.3 Å². The number of rotatable bonds is 5. The summed E-state index contributed by atoms with van der Waals surface area (Å²) in [5.74, 6) is 0.571. The molecular formula is C19H28FN5OS. The summed E-state index contributed by atoms with van der Waals surface area (Å²) in [7, 11) is 4.01. The van der Waals surface area contributed by atoms with Gasteiger partial charge in [0.25, 0.3) is 0 Å². The van der Waals surface area contributed by atoms with E-state index in [9.17, 15) is 4.39 Å². The maximum absolute atomic E-state index is 13.4. The van der Waals surface area contributed by atoms with Crippen LogP contribution in [0.2, 0.25) is 0 Å². The summed E-state index contributed by atoms with van der Waals surface area (Å²) in [4.78, 5) is 4.41. The molecule has 1 aromatic heterocycles. The molecule has 0 saturated carbocycles. The fourth-order valence-electron chi connectivity index (χ4n) is 3.19. The second kappa shape index (κ2) is 8.18. The first kappa shape index (κ1) is 20.1. The van der Waals surface area contributed by atoms with Gasteiger partial charge in [0.05, 0.1) is 25.4 Å². The van der Waals surface area contributed by atoms with Gasteiger partial charge in [-0.25, -0.2) is 9.07 Å². The molecule has 0 spiro atoms. The molecule has 6 nitrogen and oxygen atoms in total. The van der Waals surface area contributed by atoms with E-state index >= 15 is 0 Å². The molecule has 1 aromatic carbocycles. The third kappa shape index (κ3) is 4.29. The summed E-state index contributed by atoms with van der Waals surface area (Å²) in [5, 5.41) is 4.84. The molecule has 0 radical (unpaired) electrons. The second-order valence-corrected chi connectivity index (χ2v) is 7.86. The smallest absolute Gasteiger partial charge is 0.203 e. The molecule has 1 fully saturated rings. The zero-order valence-electron chi connectivity index (χ0n) is 16.6. The summed E-state index contributed by atoms with van der Waals surface area (Å²) >= 11 is 5.76. The Hall–Kier alpha value is -1.61. The average molecular weight is 394 g/mol. The highest BCUT2D eigenvalue weighted by Gasteiger charge is 2.26. The SMILES string of the molecule is CC1CN(Cn2nc(C(C)N(C)C)n(-c3ccc(F)cc3)c2=S)C(C)CO1. The lowest BCUT2D eigenvalue weighted by molar-refractivity contribution is -0.0625. The lowest BCUT2D eigenvalue weighted by Gasteiger charge is -2.36. The molecule has 1 aliphatic rings. The summed E-state index contributed by atoms with van der Waals surface area (Å²) in [5.41, 5.74) is 0.819. The molecule has 0 aliphatic carbocycles. The fourth-order valence-corrected chi connectivity index (χ4v) is 3.49. The van der Waals surface area contributed by atoms with Crippen LogP contribution in [0.25, 0.3) is 5.69 Å². The van der Waals surface area contributed by atoms with Gasteiger partial charge >= 0.3 is 0 Å². The lowest BCUT2D eigenvalue weighted by Crippen LogP contribution is -2.47. The number of ether oxygens (including phenoxy) is 1. The molecule has 2 heterocycles. The van der Waals surface area contributed by atoms with Crippen molar-refractivity contribution < 1.29 is 9.13 Å².